The van der Waals surface area contributed by atoms with Gasteiger partial charge in [0, 0.05) is 17.2 Å². The van der Waals surface area contributed by atoms with Crippen LogP contribution in [0.5, 0.6) is 5.75 Å². The molecule has 0 saturated carbocycles. The van der Waals surface area contributed by atoms with E-state index in [-0.39, 0.29) is 18.5 Å². The molecule has 2 aromatic carbocycles. The molecule has 0 amide bonds. The second-order valence-corrected chi connectivity index (χ2v) is 4.43. The second kappa shape index (κ2) is 6.74. The van der Waals surface area contributed by atoms with Crippen LogP contribution in [-0.4, -0.2) is 6.61 Å². The molecule has 0 spiro atoms. The van der Waals surface area contributed by atoms with Crippen molar-refractivity contribution in [2.75, 3.05) is 6.61 Å². The van der Waals surface area contributed by atoms with E-state index in [0.717, 1.165) is 5.56 Å². The quantitative estimate of drug-likeness (QED) is 0.868. The minimum absolute atomic E-state index is 0.236. The largest absolute Gasteiger partial charge is 0.481 e. The summed E-state index contributed by atoms with van der Waals surface area (Å²) in [6.45, 7) is 2.03. The first-order chi connectivity index (χ1) is 9.66. The number of benzene rings is 2. The fourth-order valence-corrected chi connectivity index (χ4v) is 1.78. The van der Waals surface area contributed by atoms with Crippen LogP contribution >= 0.6 is 0 Å². The Balaban J connectivity index is 2.03. The van der Waals surface area contributed by atoms with Gasteiger partial charge < -0.3 is 10.5 Å². The van der Waals surface area contributed by atoms with Gasteiger partial charge in [0.05, 0.1) is 0 Å². The van der Waals surface area contributed by atoms with Crippen molar-refractivity contribution in [2.45, 2.75) is 13.0 Å². The van der Waals surface area contributed by atoms with Gasteiger partial charge in [-0.1, -0.05) is 30.0 Å². The lowest BCUT2D eigenvalue weighted by Gasteiger charge is -2.12. The summed E-state index contributed by atoms with van der Waals surface area (Å²) in [6, 6.07) is 13.7. The van der Waals surface area contributed by atoms with E-state index in [4.69, 9.17) is 10.5 Å². The molecule has 0 fully saturated rings. The van der Waals surface area contributed by atoms with E-state index in [1.54, 1.807) is 13.0 Å². The molecule has 2 rings (SSSR count). The maximum atomic E-state index is 13.2. The molecule has 0 aromatic heterocycles. The summed E-state index contributed by atoms with van der Waals surface area (Å²) in [5, 5.41) is 0. The zero-order valence-electron chi connectivity index (χ0n) is 11.3. The highest BCUT2D eigenvalue weighted by Gasteiger charge is 2.08. The van der Waals surface area contributed by atoms with Crippen molar-refractivity contribution in [3.05, 3.63) is 65.5 Å². The number of nitrogens with two attached hydrogens (primary N) is 1. The van der Waals surface area contributed by atoms with E-state index in [0.29, 0.717) is 11.3 Å². The van der Waals surface area contributed by atoms with Gasteiger partial charge in [-0.25, -0.2) is 4.39 Å². The van der Waals surface area contributed by atoms with Gasteiger partial charge in [0.2, 0.25) is 0 Å². The molecule has 3 heteroatoms. The number of hydrogen-bond donors (Lipinski definition) is 1. The molecular weight excluding hydrogens is 253 g/mol. The Bertz CT molecular complexity index is 626. The molecular formula is C17H16FNO. The molecule has 0 aliphatic heterocycles. The van der Waals surface area contributed by atoms with Gasteiger partial charge in [0.15, 0.2) is 0 Å². The van der Waals surface area contributed by atoms with E-state index >= 15 is 0 Å². The van der Waals surface area contributed by atoms with Crippen molar-refractivity contribution in [2.24, 2.45) is 5.73 Å². The Morgan fingerprint density at radius 1 is 1.20 bits per heavy atom. The summed E-state index contributed by atoms with van der Waals surface area (Å²) < 4.78 is 18.7. The van der Waals surface area contributed by atoms with Crippen molar-refractivity contribution >= 4 is 0 Å². The summed E-state index contributed by atoms with van der Waals surface area (Å²) in [5.74, 6) is 6.17. The minimum Gasteiger partial charge on any atom is -0.481 e. The summed E-state index contributed by atoms with van der Waals surface area (Å²) in [7, 11) is 0. The van der Waals surface area contributed by atoms with Crippen LogP contribution in [0.3, 0.4) is 0 Å². The van der Waals surface area contributed by atoms with Crippen LogP contribution in [0.25, 0.3) is 0 Å². The maximum Gasteiger partial charge on any atom is 0.149 e. The van der Waals surface area contributed by atoms with Gasteiger partial charge in [0.1, 0.15) is 18.2 Å². The third-order valence-electron chi connectivity index (χ3n) is 2.77. The lowest BCUT2D eigenvalue weighted by molar-refractivity contribution is 0.363. The molecule has 0 heterocycles. The SMILES string of the molecule is CC(N)c1cc(F)ccc1OCC#Cc1ccccc1. The molecule has 2 nitrogen and oxygen atoms in total. The van der Waals surface area contributed by atoms with Gasteiger partial charge in [-0.2, -0.15) is 0 Å². The first kappa shape index (κ1) is 14.1. The van der Waals surface area contributed by atoms with E-state index < -0.39 is 0 Å². The average Bonchev–Trinajstić information content (AvgIpc) is 2.45. The Morgan fingerprint density at radius 2 is 1.95 bits per heavy atom. The van der Waals surface area contributed by atoms with Gasteiger partial charge >= 0.3 is 0 Å². The van der Waals surface area contributed by atoms with Gasteiger partial charge in [-0.15, -0.1) is 0 Å². The van der Waals surface area contributed by atoms with Gasteiger partial charge in [0.25, 0.3) is 0 Å². The van der Waals surface area contributed by atoms with E-state index in [1.807, 2.05) is 30.3 Å². The zero-order valence-corrected chi connectivity index (χ0v) is 11.3. The summed E-state index contributed by atoms with van der Waals surface area (Å²) in [5.41, 5.74) is 7.37. The smallest absolute Gasteiger partial charge is 0.149 e. The van der Waals surface area contributed by atoms with Crippen LogP contribution < -0.4 is 10.5 Å². The van der Waals surface area contributed by atoms with Crippen LogP contribution in [0.2, 0.25) is 0 Å². The molecule has 1 unspecified atom stereocenters. The Labute approximate surface area is 118 Å². The highest BCUT2D eigenvalue weighted by molar-refractivity contribution is 5.37. The molecule has 0 saturated heterocycles. The topological polar surface area (TPSA) is 35.2 Å². The number of hydrogen-bond acceptors (Lipinski definition) is 2. The third kappa shape index (κ3) is 3.84. The van der Waals surface area contributed by atoms with Crippen LogP contribution in [0.15, 0.2) is 48.5 Å². The van der Waals surface area contributed by atoms with Crippen molar-refractivity contribution < 1.29 is 9.13 Å². The van der Waals surface area contributed by atoms with E-state index in [9.17, 15) is 4.39 Å². The predicted molar refractivity (Wildman–Crippen MR) is 77.8 cm³/mol. The average molecular weight is 269 g/mol. The first-order valence-corrected chi connectivity index (χ1v) is 6.38. The van der Waals surface area contributed by atoms with Crippen LogP contribution in [0.4, 0.5) is 4.39 Å². The fraction of sp³-hybridized carbons (Fsp3) is 0.176. The maximum absolute atomic E-state index is 13.2. The normalized spacial score (nSPS) is 11.3. The van der Waals surface area contributed by atoms with Gasteiger partial charge in [-0.3, -0.25) is 0 Å². The number of rotatable bonds is 3. The van der Waals surface area contributed by atoms with Crippen molar-refractivity contribution in [3.8, 4) is 17.6 Å². The van der Waals surface area contributed by atoms with Crippen molar-refractivity contribution in [1.29, 1.82) is 0 Å². The highest BCUT2D eigenvalue weighted by Crippen LogP contribution is 2.24. The lowest BCUT2D eigenvalue weighted by atomic mass is 10.1. The van der Waals surface area contributed by atoms with E-state index in [1.165, 1.54) is 12.1 Å². The number of halogens is 1. The second-order valence-electron chi connectivity index (χ2n) is 4.43. The minimum atomic E-state index is -0.319. The molecule has 2 N–H and O–H groups in total. The zero-order chi connectivity index (χ0) is 14.4. The molecule has 1 atom stereocenters. The Kier molecular flexibility index (Phi) is 4.75. The first-order valence-electron chi connectivity index (χ1n) is 6.38. The molecule has 102 valence electrons. The Hall–Kier alpha value is -2.31. The van der Waals surface area contributed by atoms with Gasteiger partial charge in [-0.05, 0) is 37.3 Å². The van der Waals surface area contributed by atoms with Crippen LogP contribution in [0.1, 0.15) is 24.1 Å². The fourth-order valence-electron chi connectivity index (χ4n) is 1.78. The summed E-state index contributed by atoms with van der Waals surface area (Å²) in [6.07, 6.45) is 0. The number of ether oxygens (including phenoxy) is 1. The van der Waals surface area contributed by atoms with E-state index in [2.05, 4.69) is 11.8 Å². The molecule has 0 radical (unpaired) electrons. The molecule has 0 aliphatic carbocycles. The van der Waals surface area contributed by atoms with Crippen molar-refractivity contribution in [3.63, 3.8) is 0 Å². The third-order valence-corrected chi connectivity index (χ3v) is 2.77. The monoisotopic (exact) mass is 269 g/mol. The molecule has 20 heavy (non-hydrogen) atoms. The van der Waals surface area contributed by atoms with Crippen LogP contribution in [0, 0.1) is 17.7 Å². The molecule has 2 aromatic rings. The predicted octanol–water partition coefficient (Wildman–Crippen LogP) is 3.28. The standard InChI is InChI=1S/C17H16FNO/c1-13(19)16-12-15(18)9-10-17(16)20-11-5-8-14-6-3-2-4-7-14/h2-4,6-7,9-10,12-13H,11,19H2,1H3. The van der Waals surface area contributed by atoms with Crippen LogP contribution in [-0.2, 0) is 0 Å². The summed E-state index contributed by atoms with van der Waals surface area (Å²) in [4.78, 5) is 0. The lowest BCUT2D eigenvalue weighted by Crippen LogP contribution is -2.08. The summed E-state index contributed by atoms with van der Waals surface area (Å²) >= 11 is 0. The highest BCUT2D eigenvalue weighted by atomic mass is 19.1. The van der Waals surface area contributed by atoms with Crippen molar-refractivity contribution in [1.82, 2.24) is 0 Å². The molecule has 0 bridgehead atoms. The Morgan fingerprint density at radius 3 is 2.65 bits per heavy atom. The molecule has 0 aliphatic rings.